The number of carbonyl (C=O) groups is 1. The van der Waals surface area contributed by atoms with Gasteiger partial charge in [0.05, 0.1) is 6.04 Å². The van der Waals surface area contributed by atoms with Crippen LogP contribution < -0.4 is 5.32 Å². The Labute approximate surface area is 61.4 Å². The molecule has 0 aromatic carbocycles. The minimum atomic E-state index is 0.0683. The van der Waals surface area contributed by atoms with Gasteiger partial charge in [0.25, 0.3) is 0 Å². The van der Waals surface area contributed by atoms with E-state index in [0.29, 0.717) is 0 Å². The first-order chi connectivity index (χ1) is 4.70. The Morgan fingerprint density at radius 1 is 1.70 bits per heavy atom. The van der Waals surface area contributed by atoms with E-state index in [1.165, 1.54) is 0 Å². The Balaban J connectivity index is 2.39. The molecule has 0 aromatic rings. The number of carbonyl (C=O) groups excluding carboxylic acids is 1. The highest BCUT2D eigenvalue weighted by atomic mass is 16.1. The van der Waals surface area contributed by atoms with Crippen molar-refractivity contribution in [1.29, 1.82) is 0 Å². The maximum atomic E-state index is 10.9. The van der Waals surface area contributed by atoms with E-state index in [1.54, 1.807) is 6.92 Å². The number of nitrogens with zero attached hydrogens (tertiary/aromatic N) is 1. The molecule has 0 aromatic heterocycles. The van der Waals surface area contributed by atoms with Crippen LogP contribution in [0, 0.1) is 0 Å². The second kappa shape index (κ2) is 3.12. The summed E-state index contributed by atoms with van der Waals surface area (Å²) < 4.78 is 0. The fraction of sp³-hybridized carbons (Fsp3) is 0.857. The standard InChI is InChI=1S/C7H14N2O/c1-6(10)7-5-9(2)4-3-8-7/h7-8H,3-5H2,1-2H3. The summed E-state index contributed by atoms with van der Waals surface area (Å²) in [7, 11) is 2.04. The monoisotopic (exact) mass is 142 g/mol. The van der Waals surface area contributed by atoms with E-state index in [1.807, 2.05) is 7.05 Å². The summed E-state index contributed by atoms with van der Waals surface area (Å²) >= 11 is 0. The highest BCUT2D eigenvalue weighted by molar-refractivity contribution is 5.81. The molecule has 58 valence electrons. The number of Topliss-reactive ketones (excluding diaryl/α,β-unsaturated/α-hetero) is 1. The molecule has 1 rings (SSSR count). The van der Waals surface area contributed by atoms with Gasteiger partial charge in [0.1, 0.15) is 5.78 Å². The Morgan fingerprint density at radius 3 is 2.80 bits per heavy atom. The summed E-state index contributed by atoms with van der Waals surface area (Å²) in [5.41, 5.74) is 0. The Hall–Kier alpha value is -0.410. The van der Waals surface area contributed by atoms with Crippen molar-refractivity contribution in [2.24, 2.45) is 0 Å². The van der Waals surface area contributed by atoms with Crippen LogP contribution in [0.2, 0.25) is 0 Å². The van der Waals surface area contributed by atoms with Crippen molar-refractivity contribution in [2.75, 3.05) is 26.7 Å². The molecule has 0 amide bonds. The van der Waals surface area contributed by atoms with Crippen LogP contribution >= 0.6 is 0 Å². The largest absolute Gasteiger partial charge is 0.305 e. The van der Waals surface area contributed by atoms with E-state index >= 15 is 0 Å². The lowest BCUT2D eigenvalue weighted by Gasteiger charge is -2.28. The average Bonchev–Trinajstić information content (AvgIpc) is 1.88. The van der Waals surface area contributed by atoms with Gasteiger partial charge in [0, 0.05) is 19.6 Å². The van der Waals surface area contributed by atoms with Gasteiger partial charge in [-0.15, -0.1) is 0 Å². The van der Waals surface area contributed by atoms with Crippen molar-refractivity contribution in [3.05, 3.63) is 0 Å². The van der Waals surface area contributed by atoms with Gasteiger partial charge in [0.2, 0.25) is 0 Å². The number of rotatable bonds is 1. The highest BCUT2D eigenvalue weighted by Gasteiger charge is 2.19. The second-order valence-corrected chi connectivity index (χ2v) is 2.88. The molecule has 0 aliphatic carbocycles. The number of likely N-dealkylation sites (N-methyl/N-ethyl adjacent to an activating group) is 1. The lowest BCUT2D eigenvalue weighted by molar-refractivity contribution is -0.119. The molecule has 1 fully saturated rings. The predicted molar refractivity (Wildman–Crippen MR) is 40.0 cm³/mol. The normalized spacial score (nSPS) is 28.4. The molecule has 3 heteroatoms. The number of piperazine rings is 1. The van der Waals surface area contributed by atoms with Crippen LogP contribution in [0.5, 0.6) is 0 Å². The van der Waals surface area contributed by atoms with E-state index in [-0.39, 0.29) is 11.8 Å². The van der Waals surface area contributed by atoms with Gasteiger partial charge in [0.15, 0.2) is 0 Å². The quantitative estimate of drug-likeness (QED) is 0.534. The number of ketones is 1. The minimum Gasteiger partial charge on any atom is -0.305 e. The lowest BCUT2D eigenvalue weighted by atomic mass is 10.1. The average molecular weight is 142 g/mol. The topological polar surface area (TPSA) is 32.3 Å². The summed E-state index contributed by atoms with van der Waals surface area (Å²) in [5.74, 6) is 0.242. The van der Waals surface area contributed by atoms with E-state index in [9.17, 15) is 4.79 Å². The van der Waals surface area contributed by atoms with Gasteiger partial charge < -0.3 is 10.2 Å². The van der Waals surface area contributed by atoms with Crippen molar-refractivity contribution in [3.8, 4) is 0 Å². The molecule has 10 heavy (non-hydrogen) atoms. The van der Waals surface area contributed by atoms with E-state index in [0.717, 1.165) is 19.6 Å². The molecule has 0 saturated carbocycles. The maximum Gasteiger partial charge on any atom is 0.147 e. The zero-order valence-corrected chi connectivity index (χ0v) is 6.55. The molecule has 1 saturated heterocycles. The Kier molecular flexibility index (Phi) is 2.40. The molecule has 0 spiro atoms. The van der Waals surface area contributed by atoms with Crippen LogP contribution in [-0.4, -0.2) is 43.4 Å². The number of nitrogens with one attached hydrogen (secondary N) is 1. The molecule has 0 bridgehead atoms. The van der Waals surface area contributed by atoms with Crippen molar-refractivity contribution in [3.63, 3.8) is 0 Å². The van der Waals surface area contributed by atoms with Gasteiger partial charge in [-0.25, -0.2) is 0 Å². The summed E-state index contributed by atoms with van der Waals surface area (Å²) in [6.45, 7) is 4.47. The zero-order valence-electron chi connectivity index (χ0n) is 6.55. The number of hydrogen-bond donors (Lipinski definition) is 1. The van der Waals surface area contributed by atoms with Crippen LogP contribution in [0.3, 0.4) is 0 Å². The molecular formula is C7H14N2O. The SMILES string of the molecule is CC(=O)C1CN(C)CCN1. The zero-order chi connectivity index (χ0) is 7.56. The van der Waals surface area contributed by atoms with E-state index in [2.05, 4.69) is 10.2 Å². The van der Waals surface area contributed by atoms with E-state index < -0.39 is 0 Å². The molecular weight excluding hydrogens is 128 g/mol. The predicted octanol–water partition coefficient (Wildman–Crippen LogP) is -0.521. The molecule has 1 unspecified atom stereocenters. The summed E-state index contributed by atoms with van der Waals surface area (Å²) in [4.78, 5) is 13.0. The van der Waals surface area contributed by atoms with Crippen molar-refractivity contribution < 1.29 is 4.79 Å². The molecule has 1 heterocycles. The fourth-order valence-corrected chi connectivity index (χ4v) is 1.17. The van der Waals surface area contributed by atoms with Crippen LogP contribution in [0.1, 0.15) is 6.92 Å². The van der Waals surface area contributed by atoms with Crippen LogP contribution in [0.15, 0.2) is 0 Å². The van der Waals surface area contributed by atoms with Gasteiger partial charge >= 0.3 is 0 Å². The summed E-state index contributed by atoms with van der Waals surface area (Å²) in [5, 5.41) is 3.16. The van der Waals surface area contributed by atoms with Crippen molar-refractivity contribution in [2.45, 2.75) is 13.0 Å². The molecule has 0 radical (unpaired) electrons. The van der Waals surface area contributed by atoms with Crippen LogP contribution in [0.25, 0.3) is 0 Å². The molecule has 1 N–H and O–H groups in total. The van der Waals surface area contributed by atoms with E-state index in [4.69, 9.17) is 0 Å². The smallest absolute Gasteiger partial charge is 0.147 e. The van der Waals surface area contributed by atoms with Gasteiger partial charge in [-0.1, -0.05) is 0 Å². The van der Waals surface area contributed by atoms with Crippen molar-refractivity contribution in [1.82, 2.24) is 10.2 Å². The summed E-state index contributed by atoms with van der Waals surface area (Å²) in [6, 6.07) is 0.0683. The van der Waals surface area contributed by atoms with Gasteiger partial charge in [-0.2, -0.15) is 0 Å². The number of hydrogen-bond acceptors (Lipinski definition) is 3. The third-order valence-electron chi connectivity index (χ3n) is 1.87. The van der Waals surface area contributed by atoms with Crippen molar-refractivity contribution >= 4 is 5.78 Å². The first kappa shape index (κ1) is 7.69. The summed E-state index contributed by atoms with van der Waals surface area (Å²) in [6.07, 6.45) is 0. The molecule has 1 aliphatic rings. The second-order valence-electron chi connectivity index (χ2n) is 2.88. The van der Waals surface area contributed by atoms with Gasteiger partial charge in [-0.3, -0.25) is 4.79 Å². The molecule has 1 atom stereocenters. The molecule has 1 aliphatic heterocycles. The third kappa shape index (κ3) is 1.78. The Morgan fingerprint density at radius 2 is 2.40 bits per heavy atom. The van der Waals surface area contributed by atoms with Crippen LogP contribution in [0.4, 0.5) is 0 Å². The minimum absolute atomic E-state index is 0.0683. The Bertz CT molecular complexity index is 136. The van der Waals surface area contributed by atoms with Crippen LogP contribution in [-0.2, 0) is 4.79 Å². The first-order valence-corrected chi connectivity index (χ1v) is 3.62. The molecule has 3 nitrogen and oxygen atoms in total. The first-order valence-electron chi connectivity index (χ1n) is 3.62. The third-order valence-corrected chi connectivity index (χ3v) is 1.87. The van der Waals surface area contributed by atoms with Gasteiger partial charge in [-0.05, 0) is 14.0 Å². The highest BCUT2D eigenvalue weighted by Crippen LogP contribution is 1.95. The lowest BCUT2D eigenvalue weighted by Crippen LogP contribution is -2.52. The fourth-order valence-electron chi connectivity index (χ4n) is 1.17. The maximum absolute atomic E-state index is 10.9.